The van der Waals surface area contributed by atoms with Crippen LogP contribution in [0, 0.1) is 0 Å². The van der Waals surface area contributed by atoms with E-state index in [1.54, 1.807) is 0 Å². The Labute approximate surface area is 95.7 Å². The van der Waals surface area contributed by atoms with Gasteiger partial charge in [0.2, 0.25) is 0 Å². The summed E-state index contributed by atoms with van der Waals surface area (Å²) in [6.07, 6.45) is 1.03. The molecule has 1 aliphatic rings. The van der Waals surface area contributed by atoms with E-state index in [2.05, 4.69) is 42.5 Å². The average molecular weight is 210 g/mol. The molecule has 0 amide bonds. The summed E-state index contributed by atoms with van der Waals surface area (Å²) in [6, 6.07) is 14.9. The van der Waals surface area contributed by atoms with E-state index in [1.165, 1.54) is 22.3 Å². The molecule has 0 unspecified atom stereocenters. The van der Waals surface area contributed by atoms with Crippen LogP contribution in [0.3, 0.4) is 0 Å². The van der Waals surface area contributed by atoms with E-state index in [0.29, 0.717) is 0 Å². The highest BCUT2D eigenvalue weighted by Crippen LogP contribution is 2.42. The minimum Gasteiger partial charge on any atom is -0.493 e. The molecule has 0 atom stereocenters. The molecule has 0 saturated carbocycles. The molecule has 2 aromatic carbocycles. The molecule has 0 fully saturated rings. The van der Waals surface area contributed by atoms with Crippen molar-refractivity contribution < 1.29 is 4.74 Å². The van der Waals surface area contributed by atoms with Crippen molar-refractivity contribution in [2.75, 3.05) is 6.61 Å². The van der Waals surface area contributed by atoms with E-state index in [4.69, 9.17) is 4.74 Å². The zero-order valence-electron chi connectivity index (χ0n) is 9.36. The lowest BCUT2D eigenvalue weighted by molar-refractivity contribution is 0.341. The fourth-order valence-electron chi connectivity index (χ4n) is 2.43. The predicted octanol–water partition coefficient (Wildman–Crippen LogP) is 3.66. The first-order valence-electron chi connectivity index (χ1n) is 5.73. The van der Waals surface area contributed by atoms with Crippen molar-refractivity contribution in [3.8, 4) is 16.9 Å². The van der Waals surface area contributed by atoms with Gasteiger partial charge in [0.15, 0.2) is 0 Å². The molecule has 0 bridgehead atoms. The quantitative estimate of drug-likeness (QED) is 0.627. The van der Waals surface area contributed by atoms with Crippen LogP contribution in [0.1, 0.15) is 18.1 Å². The summed E-state index contributed by atoms with van der Waals surface area (Å²) in [5, 5.41) is 0. The standard InChI is InChI=1S/C15H14O/c1-2-16-14-9-5-7-12-10-11-6-3-4-8-13(11)15(12)14/h3-9H,2,10H2,1H3. The van der Waals surface area contributed by atoms with Gasteiger partial charge < -0.3 is 4.74 Å². The van der Waals surface area contributed by atoms with Gasteiger partial charge in [-0.25, -0.2) is 0 Å². The van der Waals surface area contributed by atoms with Crippen molar-refractivity contribution in [2.24, 2.45) is 0 Å². The Bertz CT molecular complexity index is 529. The molecular formula is C15H14O. The summed E-state index contributed by atoms with van der Waals surface area (Å²) in [6.45, 7) is 2.75. The van der Waals surface area contributed by atoms with Gasteiger partial charge in [-0.05, 0) is 36.1 Å². The molecule has 2 aromatic rings. The maximum Gasteiger partial charge on any atom is 0.127 e. The third kappa shape index (κ3) is 1.32. The fourth-order valence-corrected chi connectivity index (χ4v) is 2.43. The Morgan fingerprint density at radius 1 is 1.00 bits per heavy atom. The molecule has 0 N–H and O–H groups in total. The summed E-state index contributed by atoms with van der Waals surface area (Å²) < 4.78 is 5.71. The molecular weight excluding hydrogens is 196 g/mol. The fraction of sp³-hybridized carbons (Fsp3) is 0.200. The van der Waals surface area contributed by atoms with Crippen LogP contribution in [0.5, 0.6) is 5.75 Å². The first-order valence-corrected chi connectivity index (χ1v) is 5.73. The van der Waals surface area contributed by atoms with Gasteiger partial charge in [0.25, 0.3) is 0 Å². The lowest BCUT2D eigenvalue weighted by Crippen LogP contribution is -1.94. The van der Waals surface area contributed by atoms with Gasteiger partial charge in [-0.15, -0.1) is 0 Å². The SMILES string of the molecule is CCOc1cccc2c1-c1ccccc1C2. The summed E-state index contributed by atoms with van der Waals surface area (Å²) in [7, 11) is 0. The second kappa shape index (κ2) is 3.67. The Hall–Kier alpha value is -1.76. The molecule has 80 valence electrons. The zero-order chi connectivity index (χ0) is 11.0. The number of hydrogen-bond donors (Lipinski definition) is 0. The molecule has 1 aliphatic carbocycles. The van der Waals surface area contributed by atoms with E-state index in [-0.39, 0.29) is 0 Å². The Balaban J connectivity index is 2.21. The molecule has 0 aliphatic heterocycles. The van der Waals surface area contributed by atoms with Crippen molar-refractivity contribution in [1.29, 1.82) is 0 Å². The summed E-state index contributed by atoms with van der Waals surface area (Å²) in [5.41, 5.74) is 5.42. The first kappa shape index (κ1) is 9.46. The maximum atomic E-state index is 5.71. The zero-order valence-corrected chi connectivity index (χ0v) is 9.36. The van der Waals surface area contributed by atoms with Crippen molar-refractivity contribution in [2.45, 2.75) is 13.3 Å². The molecule has 0 heterocycles. The normalized spacial score (nSPS) is 12.1. The molecule has 1 nitrogen and oxygen atoms in total. The van der Waals surface area contributed by atoms with Crippen LogP contribution in [0.4, 0.5) is 0 Å². The Kier molecular flexibility index (Phi) is 2.17. The minimum atomic E-state index is 0.721. The van der Waals surface area contributed by atoms with Gasteiger partial charge in [-0.2, -0.15) is 0 Å². The number of hydrogen-bond acceptors (Lipinski definition) is 1. The topological polar surface area (TPSA) is 9.23 Å². The van der Waals surface area contributed by atoms with Crippen LogP contribution in [0.25, 0.3) is 11.1 Å². The van der Waals surface area contributed by atoms with Crippen LogP contribution in [-0.2, 0) is 6.42 Å². The van der Waals surface area contributed by atoms with Gasteiger partial charge in [0.05, 0.1) is 6.61 Å². The highest BCUT2D eigenvalue weighted by molar-refractivity contribution is 5.81. The van der Waals surface area contributed by atoms with E-state index in [0.717, 1.165) is 18.8 Å². The van der Waals surface area contributed by atoms with E-state index < -0.39 is 0 Å². The van der Waals surface area contributed by atoms with Crippen molar-refractivity contribution in [3.63, 3.8) is 0 Å². The van der Waals surface area contributed by atoms with Crippen molar-refractivity contribution in [3.05, 3.63) is 53.6 Å². The monoisotopic (exact) mass is 210 g/mol. The van der Waals surface area contributed by atoms with Gasteiger partial charge in [-0.3, -0.25) is 0 Å². The van der Waals surface area contributed by atoms with Crippen LogP contribution >= 0.6 is 0 Å². The van der Waals surface area contributed by atoms with Crippen LogP contribution < -0.4 is 4.74 Å². The predicted molar refractivity (Wildman–Crippen MR) is 65.9 cm³/mol. The van der Waals surface area contributed by atoms with Gasteiger partial charge in [0.1, 0.15) is 5.75 Å². The highest BCUT2D eigenvalue weighted by atomic mass is 16.5. The van der Waals surface area contributed by atoms with Gasteiger partial charge in [-0.1, -0.05) is 36.4 Å². The molecule has 3 rings (SSSR count). The molecule has 16 heavy (non-hydrogen) atoms. The van der Waals surface area contributed by atoms with Crippen LogP contribution in [-0.4, -0.2) is 6.61 Å². The molecule has 1 heteroatoms. The third-order valence-corrected chi connectivity index (χ3v) is 3.08. The van der Waals surface area contributed by atoms with Crippen LogP contribution in [0.2, 0.25) is 0 Å². The van der Waals surface area contributed by atoms with Crippen molar-refractivity contribution in [1.82, 2.24) is 0 Å². The summed E-state index contributed by atoms with van der Waals surface area (Å²) in [4.78, 5) is 0. The number of ether oxygens (including phenoxy) is 1. The lowest BCUT2D eigenvalue weighted by Gasteiger charge is -2.09. The van der Waals surface area contributed by atoms with E-state index in [1.807, 2.05) is 6.92 Å². The molecule has 0 aromatic heterocycles. The Morgan fingerprint density at radius 3 is 2.69 bits per heavy atom. The van der Waals surface area contributed by atoms with E-state index >= 15 is 0 Å². The summed E-state index contributed by atoms with van der Waals surface area (Å²) >= 11 is 0. The molecule has 0 saturated heterocycles. The van der Waals surface area contributed by atoms with E-state index in [9.17, 15) is 0 Å². The average Bonchev–Trinajstić information content (AvgIpc) is 2.68. The third-order valence-electron chi connectivity index (χ3n) is 3.08. The lowest BCUT2D eigenvalue weighted by atomic mass is 10.1. The summed E-state index contributed by atoms with van der Waals surface area (Å²) in [5.74, 6) is 1.02. The van der Waals surface area contributed by atoms with Gasteiger partial charge in [0, 0.05) is 5.56 Å². The Morgan fingerprint density at radius 2 is 1.81 bits per heavy atom. The molecule has 0 radical (unpaired) electrons. The second-order valence-electron chi connectivity index (χ2n) is 4.06. The second-order valence-corrected chi connectivity index (χ2v) is 4.06. The molecule has 0 spiro atoms. The highest BCUT2D eigenvalue weighted by Gasteiger charge is 2.21. The largest absolute Gasteiger partial charge is 0.493 e. The maximum absolute atomic E-state index is 5.71. The minimum absolute atomic E-state index is 0.721. The first-order chi connectivity index (χ1) is 7.90. The van der Waals surface area contributed by atoms with Crippen molar-refractivity contribution >= 4 is 0 Å². The number of fused-ring (bicyclic) bond motifs is 3. The number of benzene rings is 2. The smallest absolute Gasteiger partial charge is 0.127 e. The number of rotatable bonds is 2. The van der Waals surface area contributed by atoms with Gasteiger partial charge >= 0.3 is 0 Å². The van der Waals surface area contributed by atoms with Crippen LogP contribution in [0.15, 0.2) is 42.5 Å².